The fourth-order valence-electron chi connectivity index (χ4n) is 6.05. The summed E-state index contributed by atoms with van der Waals surface area (Å²) in [6.07, 6.45) is 6.80. The van der Waals surface area contributed by atoms with E-state index in [9.17, 15) is 0 Å². The third-order valence-corrected chi connectivity index (χ3v) is 13.7. The first-order valence-corrected chi connectivity index (χ1v) is 15.5. The number of aromatic nitrogens is 2. The van der Waals surface area contributed by atoms with Crippen LogP contribution in [-0.4, -0.2) is 38.5 Å². The normalized spacial score (nSPS) is 30.4. The van der Waals surface area contributed by atoms with Gasteiger partial charge < -0.3 is 13.9 Å². The summed E-state index contributed by atoms with van der Waals surface area (Å²) in [6.45, 7) is 21.2. The second kappa shape index (κ2) is 9.16. The van der Waals surface area contributed by atoms with Gasteiger partial charge >= 0.3 is 0 Å². The maximum atomic E-state index is 7.03. The topological polar surface area (TPSA) is 56.4 Å². The Balaban J connectivity index is 1.77. The summed E-state index contributed by atoms with van der Waals surface area (Å²) in [6, 6.07) is 2.21. The number of aromatic amines is 1. The van der Waals surface area contributed by atoms with Crippen LogP contribution < -0.4 is 0 Å². The molecular weight excluding hydrogens is 416 g/mol. The molecule has 0 bridgehead atoms. The molecule has 5 atom stereocenters. The number of fused-ring (bicyclic) bond motifs is 1. The molecule has 0 radical (unpaired) electrons. The zero-order valence-electron chi connectivity index (χ0n) is 22.3. The molecule has 2 aliphatic carbocycles. The van der Waals surface area contributed by atoms with Gasteiger partial charge in [-0.15, -0.1) is 0 Å². The zero-order valence-corrected chi connectivity index (χ0v) is 23.3. The molecule has 0 aliphatic heterocycles. The first-order chi connectivity index (χ1) is 14.7. The molecule has 0 saturated heterocycles. The van der Waals surface area contributed by atoms with Gasteiger partial charge in [-0.25, -0.2) is 0 Å². The molecule has 32 heavy (non-hydrogen) atoms. The summed E-state index contributed by atoms with van der Waals surface area (Å²) in [5, 5.41) is 8.24. The first kappa shape index (κ1) is 25.9. The van der Waals surface area contributed by atoms with Gasteiger partial charge in [-0.05, 0) is 81.0 Å². The van der Waals surface area contributed by atoms with Crippen LogP contribution in [0.5, 0.6) is 0 Å². The monoisotopic (exact) mass is 464 g/mol. The van der Waals surface area contributed by atoms with Crippen LogP contribution in [0.4, 0.5) is 0 Å². The third-order valence-electron chi connectivity index (χ3n) is 9.23. The summed E-state index contributed by atoms with van der Waals surface area (Å²) in [4.78, 5) is 0. The van der Waals surface area contributed by atoms with Crippen LogP contribution >= 0.6 is 0 Å². The van der Waals surface area contributed by atoms with Crippen LogP contribution in [0.3, 0.4) is 0 Å². The average molecular weight is 465 g/mol. The Kier molecular flexibility index (Phi) is 7.42. The third kappa shape index (κ3) is 4.89. The van der Waals surface area contributed by atoms with Gasteiger partial charge in [0, 0.05) is 24.8 Å². The van der Waals surface area contributed by atoms with Crippen molar-refractivity contribution in [1.29, 1.82) is 0 Å². The highest BCUT2D eigenvalue weighted by Crippen LogP contribution is 2.60. The van der Waals surface area contributed by atoms with Crippen molar-refractivity contribution in [2.24, 2.45) is 17.3 Å². The molecule has 0 amide bonds. The predicted molar refractivity (Wildman–Crippen MR) is 133 cm³/mol. The van der Waals surface area contributed by atoms with Crippen LogP contribution in [0, 0.1) is 17.3 Å². The lowest BCUT2D eigenvalue weighted by atomic mass is 9.61. The molecule has 6 heteroatoms. The SMILES string of the molecule is COCOC(C)(C)c1cc([C@H](C)C2CC[C@H]3[C@@H](O[Si](C)(C)C(C)(C)C)CCC[C@]23C)[nH]n1. The van der Waals surface area contributed by atoms with E-state index in [4.69, 9.17) is 13.9 Å². The molecule has 2 aliphatic rings. The Morgan fingerprint density at radius 3 is 2.50 bits per heavy atom. The Hall–Kier alpha value is -0.693. The van der Waals surface area contributed by atoms with Gasteiger partial charge in [0.25, 0.3) is 0 Å². The lowest BCUT2D eigenvalue weighted by Crippen LogP contribution is -2.50. The van der Waals surface area contributed by atoms with E-state index in [1.807, 2.05) is 13.8 Å². The van der Waals surface area contributed by atoms with E-state index in [2.05, 4.69) is 64.0 Å². The van der Waals surface area contributed by atoms with E-state index in [0.717, 1.165) is 5.69 Å². The average Bonchev–Trinajstić information content (AvgIpc) is 3.30. The van der Waals surface area contributed by atoms with E-state index in [1.165, 1.54) is 37.8 Å². The minimum atomic E-state index is -1.77. The van der Waals surface area contributed by atoms with E-state index in [1.54, 1.807) is 7.11 Å². The molecule has 1 unspecified atom stereocenters. The summed E-state index contributed by atoms with van der Waals surface area (Å²) < 4.78 is 18.0. The number of methoxy groups -OCH3 is 1. The highest BCUT2D eigenvalue weighted by molar-refractivity contribution is 6.74. The van der Waals surface area contributed by atoms with Crippen molar-refractivity contribution in [2.45, 2.75) is 116 Å². The summed E-state index contributed by atoms with van der Waals surface area (Å²) >= 11 is 0. The standard InChI is InChI=1S/C26H48N2O3Si/c1-18(21-16-23(28-27-21)25(5,6)30-17-29-8)19-13-14-20-22(12-11-15-26(19,20)7)31-32(9,10)24(2,3)4/h16,18-20,22H,11-15,17H2,1-10H3,(H,27,28)/t18-,19?,20+,22+,26-/m1/s1. The molecule has 5 nitrogen and oxygen atoms in total. The van der Waals surface area contributed by atoms with E-state index < -0.39 is 13.9 Å². The van der Waals surface area contributed by atoms with Crippen molar-refractivity contribution < 1.29 is 13.9 Å². The number of rotatable bonds is 8. The molecule has 1 N–H and O–H groups in total. The van der Waals surface area contributed by atoms with Crippen molar-refractivity contribution in [3.63, 3.8) is 0 Å². The molecule has 0 aromatic carbocycles. The lowest BCUT2D eigenvalue weighted by Gasteiger charge is -2.49. The van der Waals surface area contributed by atoms with Crippen LogP contribution in [-0.2, 0) is 19.5 Å². The highest BCUT2D eigenvalue weighted by atomic mass is 28.4. The molecule has 3 rings (SSSR count). The maximum absolute atomic E-state index is 7.03. The van der Waals surface area contributed by atoms with E-state index in [0.29, 0.717) is 29.3 Å². The Morgan fingerprint density at radius 2 is 1.88 bits per heavy atom. The second-order valence-corrected chi connectivity index (χ2v) is 17.4. The van der Waals surface area contributed by atoms with Crippen LogP contribution in [0.2, 0.25) is 18.1 Å². The van der Waals surface area contributed by atoms with Gasteiger partial charge in [-0.2, -0.15) is 5.10 Å². The molecular formula is C26H48N2O3Si. The van der Waals surface area contributed by atoms with Gasteiger partial charge in [-0.1, -0.05) is 41.0 Å². The number of H-pyrrole nitrogens is 1. The van der Waals surface area contributed by atoms with Crippen LogP contribution in [0.15, 0.2) is 6.07 Å². The molecule has 2 fully saturated rings. The largest absolute Gasteiger partial charge is 0.414 e. The molecule has 1 aromatic heterocycles. The summed E-state index contributed by atoms with van der Waals surface area (Å²) in [7, 11) is -0.117. The van der Waals surface area contributed by atoms with Gasteiger partial charge in [0.1, 0.15) is 12.4 Å². The smallest absolute Gasteiger partial charge is 0.192 e. The molecule has 0 spiro atoms. The van der Waals surface area contributed by atoms with E-state index in [-0.39, 0.29) is 11.8 Å². The van der Waals surface area contributed by atoms with Gasteiger partial charge in [0.05, 0.1) is 5.69 Å². The number of nitrogens with zero attached hydrogens (tertiary/aromatic N) is 1. The zero-order chi connectivity index (χ0) is 23.9. The summed E-state index contributed by atoms with van der Waals surface area (Å²) in [5.41, 5.74) is 2.03. The number of hydrogen-bond acceptors (Lipinski definition) is 4. The number of nitrogens with one attached hydrogen (secondary N) is 1. The van der Waals surface area contributed by atoms with Crippen molar-refractivity contribution in [3.05, 3.63) is 17.5 Å². The number of ether oxygens (including phenoxy) is 2. The highest BCUT2D eigenvalue weighted by Gasteiger charge is 2.54. The van der Waals surface area contributed by atoms with E-state index >= 15 is 0 Å². The van der Waals surface area contributed by atoms with Gasteiger partial charge in [0.2, 0.25) is 0 Å². The lowest BCUT2D eigenvalue weighted by molar-refractivity contribution is -0.120. The molecule has 184 valence electrons. The fourth-order valence-corrected chi connectivity index (χ4v) is 7.45. The minimum Gasteiger partial charge on any atom is -0.414 e. The molecule has 1 heterocycles. The minimum absolute atomic E-state index is 0.260. The molecule has 2 saturated carbocycles. The molecule has 1 aromatic rings. The summed E-state index contributed by atoms with van der Waals surface area (Å²) in [5.74, 6) is 1.76. The van der Waals surface area contributed by atoms with Gasteiger partial charge in [0.15, 0.2) is 8.32 Å². The Morgan fingerprint density at radius 1 is 1.19 bits per heavy atom. The van der Waals surface area contributed by atoms with Crippen LogP contribution in [0.25, 0.3) is 0 Å². The first-order valence-electron chi connectivity index (χ1n) is 12.6. The van der Waals surface area contributed by atoms with Crippen molar-refractivity contribution in [2.75, 3.05) is 13.9 Å². The van der Waals surface area contributed by atoms with Crippen molar-refractivity contribution in [3.8, 4) is 0 Å². The maximum Gasteiger partial charge on any atom is 0.192 e. The number of hydrogen-bond donors (Lipinski definition) is 1. The van der Waals surface area contributed by atoms with Gasteiger partial charge in [-0.3, -0.25) is 5.10 Å². The second-order valence-electron chi connectivity index (χ2n) is 12.7. The van der Waals surface area contributed by atoms with Crippen LogP contribution in [0.1, 0.15) is 97.9 Å². The van der Waals surface area contributed by atoms with Crippen molar-refractivity contribution >= 4 is 8.32 Å². The predicted octanol–water partition coefficient (Wildman–Crippen LogP) is 6.98. The fraction of sp³-hybridized carbons (Fsp3) is 0.885. The Bertz CT molecular complexity index is 769. The van der Waals surface area contributed by atoms with Crippen molar-refractivity contribution in [1.82, 2.24) is 10.2 Å². The quantitative estimate of drug-likeness (QED) is 0.333. The Labute approximate surface area is 197 Å².